The van der Waals surface area contributed by atoms with Crippen LogP contribution in [0.4, 0.5) is 10.1 Å². The molecular weight excluding hydrogens is 275 g/mol. The molecule has 0 radical (unpaired) electrons. The van der Waals surface area contributed by atoms with Gasteiger partial charge in [-0.3, -0.25) is 9.59 Å². The predicted molar refractivity (Wildman–Crippen MR) is 71.8 cm³/mol. The molecule has 1 heterocycles. The fourth-order valence-corrected chi connectivity index (χ4v) is 2.73. The van der Waals surface area contributed by atoms with Crippen LogP contribution in [-0.2, 0) is 9.59 Å². The van der Waals surface area contributed by atoms with Crippen molar-refractivity contribution in [3.05, 3.63) is 30.1 Å². The number of rotatable bonds is 3. The summed E-state index contributed by atoms with van der Waals surface area (Å²) in [6, 6.07) is 5.86. The molecule has 0 spiro atoms. The highest BCUT2D eigenvalue weighted by Crippen LogP contribution is 2.23. The van der Waals surface area contributed by atoms with E-state index in [1.54, 1.807) is 6.07 Å². The Morgan fingerprint density at radius 2 is 2.22 bits per heavy atom. The first kappa shape index (κ1) is 13.0. The van der Waals surface area contributed by atoms with Gasteiger partial charge in [-0.15, -0.1) is 0 Å². The summed E-state index contributed by atoms with van der Waals surface area (Å²) in [5.74, 6) is -1.21. The van der Waals surface area contributed by atoms with Crippen molar-refractivity contribution in [2.24, 2.45) is 0 Å². The lowest BCUT2D eigenvalue weighted by Crippen LogP contribution is -2.27. The van der Waals surface area contributed by atoms with E-state index in [1.807, 2.05) is 0 Å². The van der Waals surface area contributed by atoms with Gasteiger partial charge in [0.1, 0.15) is 10.1 Å². The number of hydrogen-bond donors (Lipinski definition) is 2. The smallest absolute Gasteiger partial charge is 0.239 e. The molecule has 2 rings (SSSR count). The molecule has 7 heteroatoms. The molecule has 1 aliphatic heterocycles. The van der Waals surface area contributed by atoms with Gasteiger partial charge in [0.15, 0.2) is 0 Å². The van der Waals surface area contributed by atoms with Crippen LogP contribution in [0.15, 0.2) is 24.3 Å². The van der Waals surface area contributed by atoms with Crippen LogP contribution in [0.1, 0.15) is 6.42 Å². The molecule has 18 heavy (non-hydrogen) atoms. The molecule has 1 fully saturated rings. The van der Waals surface area contributed by atoms with Gasteiger partial charge >= 0.3 is 0 Å². The van der Waals surface area contributed by atoms with Gasteiger partial charge in [0.2, 0.25) is 11.8 Å². The number of carbonyl (C=O) groups is 2. The van der Waals surface area contributed by atoms with E-state index in [0.29, 0.717) is 4.32 Å². The van der Waals surface area contributed by atoms with Crippen molar-refractivity contribution in [1.29, 1.82) is 0 Å². The van der Waals surface area contributed by atoms with Crippen LogP contribution in [0.2, 0.25) is 0 Å². The van der Waals surface area contributed by atoms with Crippen molar-refractivity contribution in [1.82, 2.24) is 5.32 Å². The zero-order chi connectivity index (χ0) is 13.1. The zero-order valence-corrected chi connectivity index (χ0v) is 10.7. The highest BCUT2D eigenvalue weighted by Gasteiger charge is 2.31. The van der Waals surface area contributed by atoms with Crippen LogP contribution in [-0.4, -0.2) is 21.4 Å². The van der Waals surface area contributed by atoms with Gasteiger partial charge in [0.25, 0.3) is 0 Å². The largest absolute Gasteiger partial charge is 0.324 e. The monoisotopic (exact) mass is 284 g/mol. The molecule has 1 saturated heterocycles. The minimum Gasteiger partial charge on any atom is -0.324 e. The summed E-state index contributed by atoms with van der Waals surface area (Å²) in [7, 11) is 0. The van der Waals surface area contributed by atoms with Crippen molar-refractivity contribution in [3.8, 4) is 0 Å². The minimum absolute atomic E-state index is 0.0367. The first-order valence-electron chi connectivity index (χ1n) is 5.12. The Labute approximate surface area is 112 Å². The van der Waals surface area contributed by atoms with Crippen LogP contribution < -0.4 is 10.6 Å². The molecule has 0 saturated carbocycles. The number of anilines is 1. The summed E-state index contributed by atoms with van der Waals surface area (Å²) in [4.78, 5) is 23.0. The summed E-state index contributed by atoms with van der Waals surface area (Å²) < 4.78 is 13.6. The first-order chi connectivity index (χ1) is 8.56. The Bertz CT molecular complexity index is 522. The van der Waals surface area contributed by atoms with E-state index in [4.69, 9.17) is 12.2 Å². The quantitative estimate of drug-likeness (QED) is 0.829. The number of hydrogen-bond acceptors (Lipinski definition) is 4. The molecule has 0 aliphatic carbocycles. The first-order valence-corrected chi connectivity index (χ1v) is 6.41. The van der Waals surface area contributed by atoms with Crippen LogP contribution >= 0.6 is 24.0 Å². The zero-order valence-electron chi connectivity index (χ0n) is 9.10. The lowest BCUT2D eigenvalue weighted by Gasteiger charge is -2.07. The Balaban J connectivity index is 1.95. The average molecular weight is 284 g/mol. The van der Waals surface area contributed by atoms with E-state index in [0.717, 1.165) is 11.8 Å². The summed E-state index contributed by atoms with van der Waals surface area (Å²) in [5, 5.41) is 4.33. The summed E-state index contributed by atoms with van der Waals surface area (Å²) in [6.45, 7) is 0. The standard InChI is InChI=1S/C11H9FN2O2S2/c12-6-3-1-2-4-7(6)13-9(15)5-8-10(16)14-11(17)18-8/h1-4,8H,5H2,(H,13,15)(H,14,16,17)/t8-/m0/s1. The van der Waals surface area contributed by atoms with Crippen molar-refractivity contribution in [3.63, 3.8) is 0 Å². The predicted octanol–water partition coefficient (Wildman–Crippen LogP) is 1.67. The summed E-state index contributed by atoms with van der Waals surface area (Å²) in [6.07, 6.45) is -0.0367. The fourth-order valence-electron chi connectivity index (χ4n) is 1.46. The molecule has 2 N–H and O–H groups in total. The van der Waals surface area contributed by atoms with Gasteiger partial charge in [0.05, 0.1) is 10.9 Å². The number of benzene rings is 1. The second kappa shape index (κ2) is 5.45. The van der Waals surface area contributed by atoms with Gasteiger partial charge in [0, 0.05) is 6.42 Å². The SMILES string of the molecule is O=C(C[C@@H]1SC(=S)NC1=O)Nc1ccccc1F. The van der Waals surface area contributed by atoms with Crippen LogP contribution in [0.3, 0.4) is 0 Å². The number of thiocarbonyl (C=S) groups is 1. The molecule has 1 aromatic carbocycles. The van der Waals surface area contributed by atoms with Crippen molar-refractivity contribution in [2.45, 2.75) is 11.7 Å². The second-order valence-corrected chi connectivity index (χ2v) is 5.50. The van der Waals surface area contributed by atoms with Crippen molar-refractivity contribution < 1.29 is 14.0 Å². The molecule has 1 aromatic rings. The highest BCUT2D eigenvalue weighted by molar-refractivity contribution is 8.24. The molecule has 2 amide bonds. The maximum Gasteiger partial charge on any atom is 0.239 e. The molecule has 0 bridgehead atoms. The lowest BCUT2D eigenvalue weighted by atomic mass is 10.2. The Hall–Kier alpha value is -1.47. The third-order valence-electron chi connectivity index (χ3n) is 2.29. The second-order valence-electron chi connectivity index (χ2n) is 3.62. The molecule has 0 unspecified atom stereocenters. The van der Waals surface area contributed by atoms with Gasteiger partial charge in [-0.1, -0.05) is 36.1 Å². The van der Waals surface area contributed by atoms with Crippen LogP contribution in [0.5, 0.6) is 0 Å². The number of carbonyl (C=O) groups excluding carboxylic acids is 2. The Morgan fingerprint density at radius 1 is 1.50 bits per heavy atom. The van der Waals surface area contributed by atoms with Crippen molar-refractivity contribution in [2.75, 3.05) is 5.32 Å². The number of amides is 2. The summed E-state index contributed by atoms with van der Waals surface area (Å²) in [5.41, 5.74) is 0.105. The fraction of sp³-hybridized carbons (Fsp3) is 0.182. The molecule has 0 aromatic heterocycles. The highest BCUT2D eigenvalue weighted by atomic mass is 32.2. The third kappa shape index (κ3) is 3.05. The maximum atomic E-state index is 13.3. The van der Waals surface area contributed by atoms with E-state index >= 15 is 0 Å². The van der Waals surface area contributed by atoms with Crippen LogP contribution in [0.25, 0.3) is 0 Å². The average Bonchev–Trinajstić information content (AvgIpc) is 2.61. The molecule has 1 aliphatic rings. The third-order valence-corrected chi connectivity index (χ3v) is 3.66. The van der Waals surface area contributed by atoms with Gasteiger partial charge in [-0.2, -0.15) is 0 Å². The lowest BCUT2D eigenvalue weighted by molar-refractivity contribution is -0.122. The molecular formula is C11H9FN2O2S2. The van der Waals surface area contributed by atoms with E-state index < -0.39 is 17.0 Å². The van der Waals surface area contributed by atoms with E-state index in [1.165, 1.54) is 18.2 Å². The van der Waals surface area contributed by atoms with E-state index in [-0.39, 0.29) is 18.0 Å². The minimum atomic E-state index is -0.538. The van der Waals surface area contributed by atoms with E-state index in [9.17, 15) is 14.0 Å². The van der Waals surface area contributed by atoms with Gasteiger partial charge in [-0.25, -0.2) is 4.39 Å². The number of halogens is 1. The normalized spacial score (nSPS) is 18.6. The molecule has 4 nitrogen and oxygen atoms in total. The Morgan fingerprint density at radius 3 is 2.83 bits per heavy atom. The number of thioether (sulfide) groups is 1. The maximum absolute atomic E-state index is 13.3. The summed E-state index contributed by atoms with van der Waals surface area (Å²) >= 11 is 5.95. The molecule has 94 valence electrons. The molecule has 1 atom stereocenters. The topological polar surface area (TPSA) is 58.2 Å². The Kier molecular flexibility index (Phi) is 3.93. The number of nitrogens with one attached hydrogen (secondary N) is 2. The van der Waals surface area contributed by atoms with E-state index in [2.05, 4.69) is 10.6 Å². The van der Waals surface area contributed by atoms with Crippen LogP contribution in [0, 0.1) is 5.82 Å². The number of para-hydroxylation sites is 1. The van der Waals surface area contributed by atoms with Gasteiger partial charge in [-0.05, 0) is 12.1 Å². The van der Waals surface area contributed by atoms with Crippen molar-refractivity contribution >= 4 is 45.8 Å². The van der Waals surface area contributed by atoms with Gasteiger partial charge < -0.3 is 10.6 Å².